The topological polar surface area (TPSA) is 76.1 Å². The molecule has 0 radical (unpaired) electrons. The number of ether oxygens (including phenoxy) is 1. The van der Waals surface area contributed by atoms with E-state index in [1.165, 1.54) is 0 Å². The molecule has 0 unspecified atom stereocenters. The van der Waals surface area contributed by atoms with E-state index in [1.807, 2.05) is 27.7 Å². The summed E-state index contributed by atoms with van der Waals surface area (Å²) in [5.41, 5.74) is 0.498. The van der Waals surface area contributed by atoms with Gasteiger partial charge >= 0.3 is 0 Å². The summed E-state index contributed by atoms with van der Waals surface area (Å²) < 4.78 is 5.46. The predicted molar refractivity (Wildman–Crippen MR) is 83.8 cm³/mol. The first-order valence-electron chi connectivity index (χ1n) is 6.86. The van der Waals surface area contributed by atoms with Crippen LogP contribution < -0.4 is 10.6 Å². The van der Waals surface area contributed by atoms with Crippen LogP contribution in [0.15, 0.2) is 12.4 Å². The molecule has 1 saturated heterocycles. The number of rotatable bonds is 2. The highest BCUT2D eigenvalue weighted by atomic mass is 35.5. The van der Waals surface area contributed by atoms with E-state index in [0.29, 0.717) is 18.8 Å². The molecule has 1 aliphatic rings. The zero-order chi connectivity index (χ0) is 14.8. The van der Waals surface area contributed by atoms with Crippen LogP contribution in [0, 0.1) is 0 Å². The number of halogens is 1. The van der Waals surface area contributed by atoms with Crippen molar-refractivity contribution in [2.24, 2.45) is 0 Å². The van der Waals surface area contributed by atoms with Crippen LogP contribution >= 0.6 is 12.4 Å². The molecule has 0 aliphatic carbocycles. The van der Waals surface area contributed by atoms with Gasteiger partial charge in [-0.15, -0.1) is 12.4 Å². The van der Waals surface area contributed by atoms with Gasteiger partial charge in [0, 0.05) is 12.0 Å². The number of hydrogen-bond acceptors (Lipinski definition) is 5. The average molecular weight is 315 g/mol. The number of anilines is 1. The summed E-state index contributed by atoms with van der Waals surface area (Å²) in [5, 5.41) is 5.96. The van der Waals surface area contributed by atoms with Gasteiger partial charge in [0.15, 0.2) is 0 Å². The van der Waals surface area contributed by atoms with E-state index in [9.17, 15) is 4.79 Å². The van der Waals surface area contributed by atoms with Crippen molar-refractivity contribution in [2.75, 3.05) is 18.5 Å². The first kappa shape index (κ1) is 17.8. The Balaban J connectivity index is 0.00000220. The number of carbonyl (C=O) groups is 1. The van der Waals surface area contributed by atoms with Crippen molar-refractivity contribution in [3.8, 4) is 0 Å². The SMILES string of the molecule is C[C@H]1OCCN[C@@H]1C(=O)Nc1cnc(C(C)(C)C)nc1.Cl. The second-order valence-corrected chi connectivity index (χ2v) is 6.04. The van der Waals surface area contributed by atoms with Gasteiger partial charge in [0.05, 0.1) is 30.8 Å². The molecule has 7 heteroatoms. The van der Waals surface area contributed by atoms with Gasteiger partial charge < -0.3 is 15.4 Å². The Morgan fingerprint density at radius 2 is 2.00 bits per heavy atom. The van der Waals surface area contributed by atoms with Gasteiger partial charge in [-0.3, -0.25) is 4.79 Å². The molecule has 2 rings (SSSR count). The highest BCUT2D eigenvalue weighted by Crippen LogP contribution is 2.18. The Kier molecular flexibility index (Phi) is 6.07. The standard InChI is InChI=1S/C14H22N4O2.ClH/c1-9-11(15-5-6-20-9)12(19)18-10-7-16-13(17-8-10)14(2,3)4;/h7-9,11,15H,5-6H2,1-4H3,(H,18,19);1H/t9-,11+;/m1./s1. The molecule has 21 heavy (non-hydrogen) atoms. The van der Waals surface area contributed by atoms with Crippen LogP contribution in [0.1, 0.15) is 33.5 Å². The molecule has 0 aromatic carbocycles. The van der Waals surface area contributed by atoms with Crippen LogP contribution in [0.2, 0.25) is 0 Å². The van der Waals surface area contributed by atoms with Gasteiger partial charge in [-0.2, -0.15) is 0 Å². The molecule has 1 fully saturated rings. The second-order valence-electron chi connectivity index (χ2n) is 6.04. The zero-order valence-electron chi connectivity index (χ0n) is 12.8. The zero-order valence-corrected chi connectivity index (χ0v) is 13.7. The molecule has 2 N–H and O–H groups in total. The number of nitrogens with one attached hydrogen (secondary N) is 2. The van der Waals surface area contributed by atoms with Crippen molar-refractivity contribution in [2.45, 2.75) is 45.3 Å². The fourth-order valence-electron chi connectivity index (χ4n) is 2.03. The first-order valence-corrected chi connectivity index (χ1v) is 6.86. The van der Waals surface area contributed by atoms with Crippen molar-refractivity contribution < 1.29 is 9.53 Å². The maximum Gasteiger partial charge on any atom is 0.244 e. The highest BCUT2D eigenvalue weighted by Gasteiger charge is 2.28. The Morgan fingerprint density at radius 1 is 1.38 bits per heavy atom. The largest absolute Gasteiger partial charge is 0.375 e. The third kappa shape index (κ3) is 4.62. The molecule has 118 valence electrons. The van der Waals surface area contributed by atoms with Crippen molar-refractivity contribution in [3.05, 3.63) is 18.2 Å². The van der Waals surface area contributed by atoms with Gasteiger partial charge in [-0.25, -0.2) is 9.97 Å². The molecule has 0 bridgehead atoms. The van der Waals surface area contributed by atoms with Crippen LogP contribution in [-0.4, -0.2) is 41.2 Å². The number of carbonyl (C=O) groups excluding carboxylic acids is 1. The summed E-state index contributed by atoms with van der Waals surface area (Å²) in [4.78, 5) is 20.7. The summed E-state index contributed by atoms with van der Waals surface area (Å²) in [6.07, 6.45) is 3.14. The Hall–Kier alpha value is -1.24. The third-order valence-corrected chi connectivity index (χ3v) is 3.19. The Bertz CT molecular complexity index is 473. The van der Waals surface area contributed by atoms with E-state index in [4.69, 9.17) is 4.74 Å². The maximum absolute atomic E-state index is 12.2. The minimum atomic E-state index is -0.342. The van der Waals surface area contributed by atoms with E-state index in [-0.39, 0.29) is 35.9 Å². The molecule has 0 saturated carbocycles. The maximum atomic E-state index is 12.2. The van der Waals surface area contributed by atoms with Crippen LogP contribution in [0.4, 0.5) is 5.69 Å². The van der Waals surface area contributed by atoms with Crippen LogP contribution in [0.5, 0.6) is 0 Å². The van der Waals surface area contributed by atoms with Gasteiger partial charge in [0.1, 0.15) is 11.9 Å². The molecule has 1 aromatic heterocycles. The lowest BCUT2D eigenvalue weighted by atomic mass is 9.96. The Labute approximate surface area is 131 Å². The lowest BCUT2D eigenvalue weighted by molar-refractivity contribution is -0.123. The number of nitrogens with zero attached hydrogens (tertiary/aromatic N) is 2. The third-order valence-electron chi connectivity index (χ3n) is 3.19. The van der Waals surface area contributed by atoms with Gasteiger partial charge in [0.2, 0.25) is 5.91 Å². The van der Waals surface area contributed by atoms with E-state index >= 15 is 0 Å². The van der Waals surface area contributed by atoms with Crippen LogP contribution in [0.25, 0.3) is 0 Å². The minimum Gasteiger partial charge on any atom is -0.375 e. The summed E-state index contributed by atoms with van der Waals surface area (Å²) in [6, 6.07) is -0.342. The van der Waals surface area contributed by atoms with E-state index < -0.39 is 0 Å². The van der Waals surface area contributed by atoms with Crippen molar-refractivity contribution in [1.82, 2.24) is 15.3 Å². The van der Waals surface area contributed by atoms with Gasteiger partial charge in [-0.1, -0.05) is 20.8 Å². The summed E-state index contributed by atoms with van der Waals surface area (Å²) in [7, 11) is 0. The fourth-order valence-corrected chi connectivity index (χ4v) is 2.03. The number of morpholine rings is 1. The molecule has 2 atom stereocenters. The summed E-state index contributed by atoms with van der Waals surface area (Å²) >= 11 is 0. The van der Waals surface area contributed by atoms with E-state index in [2.05, 4.69) is 20.6 Å². The molecular formula is C14H23ClN4O2. The molecule has 2 heterocycles. The summed E-state index contributed by atoms with van der Waals surface area (Å²) in [6.45, 7) is 9.34. The average Bonchev–Trinajstić information content (AvgIpc) is 2.38. The molecule has 1 amide bonds. The van der Waals surface area contributed by atoms with Crippen molar-refractivity contribution in [1.29, 1.82) is 0 Å². The highest BCUT2D eigenvalue weighted by molar-refractivity contribution is 5.95. The first-order chi connectivity index (χ1) is 9.38. The molecule has 0 spiro atoms. The lowest BCUT2D eigenvalue weighted by Gasteiger charge is -2.29. The van der Waals surface area contributed by atoms with Gasteiger partial charge in [0.25, 0.3) is 0 Å². The smallest absolute Gasteiger partial charge is 0.244 e. The second kappa shape index (κ2) is 7.15. The fraction of sp³-hybridized carbons (Fsp3) is 0.643. The Morgan fingerprint density at radius 3 is 2.52 bits per heavy atom. The van der Waals surface area contributed by atoms with Crippen molar-refractivity contribution in [3.63, 3.8) is 0 Å². The molecule has 1 aliphatic heterocycles. The molecule has 6 nitrogen and oxygen atoms in total. The number of aromatic nitrogens is 2. The van der Waals surface area contributed by atoms with E-state index in [1.54, 1.807) is 12.4 Å². The molecular weight excluding hydrogens is 292 g/mol. The molecule has 1 aromatic rings. The monoisotopic (exact) mass is 314 g/mol. The van der Waals surface area contributed by atoms with Crippen LogP contribution in [0.3, 0.4) is 0 Å². The number of hydrogen-bond donors (Lipinski definition) is 2. The predicted octanol–water partition coefficient (Wildman–Crippen LogP) is 1.51. The summed E-state index contributed by atoms with van der Waals surface area (Å²) in [5.74, 6) is 0.632. The minimum absolute atomic E-state index is 0. The van der Waals surface area contributed by atoms with E-state index in [0.717, 1.165) is 5.82 Å². The lowest BCUT2D eigenvalue weighted by Crippen LogP contribution is -2.53. The number of amides is 1. The quantitative estimate of drug-likeness (QED) is 0.865. The van der Waals surface area contributed by atoms with Crippen molar-refractivity contribution >= 4 is 24.0 Å². The van der Waals surface area contributed by atoms with Crippen LogP contribution in [-0.2, 0) is 14.9 Å². The normalized spacial score (nSPS) is 22.3. The van der Waals surface area contributed by atoms with Gasteiger partial charge in [-0.05, 0) is 6.92 Å².